The molecule has 1 amide bonds. The van der Waals surface area contributed by atoms with Gasteiger partial charge in [-0.1, -0.05) is 31.4 Å². The van der Waals surface area contributed by atoms with Crippen LogP contribution in [0.25, 0.3) is 5.57 Å². The van der Waals surface area contributed by atoms with Gasteiger partial charge in [0.05, 0.1) is 7.11 Å². The molecule has 4 nitrogen and oxygen atoms in total. The second-order valence-corrected chi connectivity index (χ2v) is 6.39. The molecule has 0 N–H and O–H groups in total. The van der Waals surface area contributed by atoms with Crippen molar-refractivity contribution in [2.24, 2.45) is 4.99 Å². The van der Waals surface area contributed by atoms with Crippen LogP contribution in [0.3, 0.4) is 0 Å². The lowest BCUT2D eigenvalue weighted by Gasteiger charge is -2.40. The molecule has 1 aromatic rings. The molecule has 1 aliphatic carbocycles. The van der Waals surface area contributed by atoms with Crippen molar-refractivity contribution in [3.8, 4) is 5.75 Å². The Morgan fingerprint density at radius 1 is 1.17 bits per heavy atom. The Morgan fingerprint density at radius 3 is 2.78 bits per heavy atom. The van der Waals surface area contributed by atoms with Crippen molar-refractivity contribution >= 4 is 17.3 Å². The number of amides is 1. The first-order valence-corrected chi connectivity index (χ1v) is 8.20. The van der Waals surface area contributed by atoms with E-state index in [1.807, 2.05) is 30.4 Å². The molecule has 1 spiro atoms. The monoisotopic (exact) mass is 308 g/mol. The highest BCUT2D eigenvalue weighted by Crippen LogP contribution is 2.41. The van der Waals surface area contributed by atoms with Crippen LogP contribution in [0.4, 0.5) is 0 Å². The van der Waals surface area contributed by atoms with Crippen molar-refractivity contribution in [1.29, 1.82) is 0 Å². The third-order valence-electron chi connectivity index (χ3n) is 5.09. The number of methoxy groups -OCH3 is 1. The van der Waals surface area contributed by atoms with Crippen LogP contribution in [0.1, 0.15) is 37.7 Å². The van der Waals surface area contributed by atoms with Crippen LogP contribution in [0.15, 0.2) is 47.6 Å². The van der Waals surface area contributed by atoms with Gasteiger partial charge in [-0.25, -0.2) is 0 Å². The van der Waals surface area contributed by atoms with Gasteiger partial charge in [-0.3, -0.25) is 4.79 Å². The smallest absolute Gasteiger partial charge is 0.273 e. The Bertz CT molecular complexity index is 739. The van der Waals surface area contributed by atoms with E-state index in [4.69, 9.17) is 4.74 Å². The lowest BCUT2D eigenvalue weighted by atomic mass is 9.80. The average molecular weight is 308 g/mol. The highest BCUT2D eigenvalue weighted by Gasteiger charge is 2.49. The number of hydrogen-bond acceptors (Lipinski definition) is 3. The van der Waals surface area contributed by atoms with E-state index in [2.05, 4.69) is 22.2 Å². The Labute approximate surface area is 136 Å². The van der Waals surface area contributed by atoms with Gasteiger partial charge >= 0.3 is 0 Å². The standard InChI is InChI=1S/C19H20N2O2/c1-23-16-7-5-6-14(12-16)15-8-9-17-20-18(22)19(21(17)13-15)10-3-2-4-11-19/h5-9,12-13H,2-4,10-11H2,1H3. The van der Waals surface area contributed by atoms with Gasteiger partial charge in [0.25, 0.3) is 5.91 Å². The maximum atomic E-state index is 12.5. The van der Waals surface area contributed by atoms with Gasteiger partial charge in [0.2, 0.25) is 0 Å². The summed E-state index contributed by atoms with van der Waals surface area (Å²) in [6.07, 6.45) is 11.3. The first-order valence-electron chi connectivity index (χ1n) is 8.20. The minimum atomic E-state index is -0.442. The quantitative estimate of drug-likeness (QED) is 0.839. The zero-order valence-electron chi connectivity index (χ0n) is 13.3. The molecule has 1 aromatic carbocycles. The van der Waals surface area contributed by atoms with Gasteiger partial charge in [-0.05, 0) is 48.3 Å². The second kappa shape index (κ2) is 5.37. The summed E-state index contributed by atoms with van der Waals surface area (Å²) in [6.45, 7) is 0. The van der Waals surface area contributed by atoms with Crippen LogP contribution in [-0.2, 0) is 4.79 Å². The minimum Gasteiger partial charge on any atom is -0.497 e. The number of benzene rings is 1. The van der Waals surface area contributed by atoms with E-state index < -0.39 is 5.54 Å². The summed E-state index contributed by atoms with van der Waals surface area (Å²) >= 11 is 0. The summed E-state index contributed by atoms with van der Waals surface area (Å²) in [4.78, 5) is 19.0. The fourth-order valence-corrected chi connectivity index (χ4v) is 3.80. The first-order chi connectivity index (χ1) is 11.2. The van der Waals surface area contributed by atoms with Crippen LogP contribution in [0.2, 0.25) is 0 Å². The number of ether oxygens (including phenoxy) is 1. The normalized spacial score (nSPS) is 22.0. The van der Waals surface area contributed by atoms with Crippen LogP contribution in [0, 0.1) is 0 Å². The molecule has 23 heavy (non-hydrogen) atoms. The van der Waals surface area contributed by atoms with Crippen molar-refractivity contribution in [3.05, 3.63) is 48.2 Å². The SMILES string of the molecule is COc1cccc(C2=CN3C(=NC(=O)C34CCCCC4)C=C2)c1. The number of carbonyl (C=O) groups excluding carboxylic acids is 1. The fraction of sp³-hybridized carbons (Fsp3) is 0.368. The number of carbonyl (C=O) groups is 1. The van der Waals surface area contributed by atoms with Gasteiger partial charge in [0, 0.05) is 6.20 Å². The molecule has 4 heteroatoms. The fourth-order valence-electron chi connectivity index (χ4n) is 3.80. The van der Waals surface area contributed by atoms with Crippen molar-refractivity contribution < 1.29 is 9.53 Å². The molecule has 3 aliphatic rings. The Kier molecular flexibility index (Phi) is 3.33. The topological polar surface area (TPSA) is 41.9 Å². The third kappa shape index (κ3) is 2.21. The minimum absolute atomic E-state index is 0.0278. The van der Waals surface area contributed by atoms with E-state index in [0.717, 1.165) is 48.4 Å². The summed E-state index contributed by atoms with van der Waals surface area (Å²) < 4.78 is 5.32. The molecule has 2 heterocycles. The van der Waals surface area contributed by atoms with Crippen molar-refractivity contribution in [2.45, 2.75) is 37.6 Å². The Balaban J connectivity index is 1.73. The molecular formula is C19H20N2O2. The predicted molar refractivity (Wildman–Crippen MR) is 90.2 cm³/mol. The van der Waals surface area contributed by atoms with E-state index in [9.17, 15) is 4.79 Å². The zero-order valence-corrected chi connectivity index (χ0v) is 13.3. The lowest BCUT2D eigenvalue weighted by molar-refractivity contribution is -0.126. The number of fused-ring (bicyclic) bond motifs is 2. The zero-order chi connectivity index (χ0) is 15.9. The van der Waals surface area contributed by atoms with E-state index in [1.165, 1.54) is 6.42 Å². The molecule has 4 rings (SSSR count). The van der Waals surface area contributed by atoms with Crippen LogP contribution >= 0.6 is 0 Å². The number of allylic oxidation sites excluding steroid dienone is 2. The van der Waals surface area contributed by atoms with Gasteiger partial charge in [-0.2, -0.15) is 4.99 Å². The third-order valence-corrected chi connectivity index (χ3v) is 5.09. The summed E-state index contributed by atoms with van der Waals surface area (Å²) in [6, 6.07) is 8.00. The molecule has 1 fully saturated rings. The number of amidine groups is 1. The summed E-state index contributed by atoms with van der Waals surface area (Å²) in [5.74, 6) is 1.64. The number of nitrogens with zero attached hydrogens (tertiary/aromatic N) is 2. The summed E-state index contributed by atoms with van der Waals surface area (Å²) in [5.41, 5.74) is 1.73. The van der Waals surface area contributed by atoms with E-state index in [0.29, 0.717) is 0 Å². The van der Waals surface area contributed by atoms with E-state index in [-0.39, 0.29) is 5.91 Å². The maximum absolute atomic E-state index is 12.5. The van der Waals surface area contributed by atoms with Crippen LogP contribution < -0.4 is 4.74 Å². The molecule has 2 aliphatic heterocycles. The predicted octanol–water partition coefficient (Wildman–Crippen LogP) is 3.55. The molecular weight excluding hydrogens is 288 g/mol. The van der Waals surface area contributed by atoms with Gasteiger partial charge < -0.3 is 9.64 Å². The number of aliphatic imine (C=N–C) groups is 1. The van der Waals surface area contributed by atoms with Gasteiger partial charge in [0.1, 0.15) is 17.1 Å². The average Bonchev–Trinajstić information content (AvgIpc) is 2.87. The van der Waals surface area contributed by atoms with Crippen molar-refractivity contribution in [1.82, 2.24) is 4.90 Å². The van der Waals surface area contributed by atoms with E-state index >= 15 is 0 Å². The highest BCUT2D eigenvalue weighted by atomic mass is 16.5. The molecule has 0 aromatic heterocycles. The Hall–Kier alpha value is -2.36. The molecule has 1 saturated carbocycles. The largest absolute Gasteiger partial charge is 0.497 e. The van der Waals surface area contributed by atoms with Gasteiger partial charge in [0.15, 0.2) is 0 Å². The number of hydrogen-bond donors (Lipinski definition) is 0. The van der Waals surface area contributed by atoms with Crippen LogP contribution in [0.5, 0.6) is 5.75 Å². The van der Waals surface area contributed by atoms with Gasteiger partial charge in [-0.15, -0.1) is 0 Å². The molecule has 118 valence electrons. The number of rotatable bonds is 2. The van der Waals surface area contributed by atoms with Crippen molar-refractivity contribution in [3.63, 3.8) is 0 Å². The molecule has 0 bridgehead atoms. The molecule has 0 atom stereocenters. The molecule has 0 unspecified atom stereocenters. The molecule has 0 saturated heterocycles. The second-order valence-electron chi connectivity index (χ2n) is 6.39. The summed E-state index contributed by atoms with van der Waals surface area (Å²) in [5, 5.41) is 0. The highest BCUT2D eigenvalue weighted by molar-refractivity contribution is 6.13. The summed E-state index contributed by atoms with van der Waals surface area (Å²) in [7, 11) is 1.67. The first kappa shape index (κ1) is 14.2. The molecule has 0 radical (unpaired) electrons. The lowest BCUT2D eigenvalue weighted by Crippen LogP contribution is -2.50. The Morgan fingerprint density at radius 2 is 2.00 bits per heavy atom. The van der Waals surface area contributed by atoms with Crippen LogP contribution in [-0.4, -0.2) is 29.3 Å². The van der Waals surface area contributed by atoms with E-state index in [1.54, 1.807) is 7.11 Å². The maximum Gasteiger partial charge on any atom is 0.273 e. The van der Waals surface area contributed by atoms with Crippen molar-refractivity contribution in [2.75, 3.05) is 7.11 Å².